The predicted molar refractivity (Wildman–Crippen MR) is 164 cm³/mol. The van der Waals surface area contributed by atoms with Crippen LogP contribution in [0.4, 0.5) is 11.4 Å². The molecule has 0 radical (unpaired) electrons. The largest absolute Gasteiger partial charge is 0.426 e. The predicted octanol–water partition coefficient (Wildman–Crippen LogP) is 5.66. The zero-order chi connectivity index (χ0) is 30.3. The molecule has 3 amide bonds. The van der Waals surface area contributed by atoms with E-state index in [4.69, 9.17) is 4.74 Å². The number of benzene rings is 4. The molecule has 2 aliphatic heterocycles. The highest BCUT2D eigenvalue weighted by molar-refractivity contribution is 6.23. The van der Waals surface area contributed by atoms with Crippen LogP contribution in [-0.4, -0.2) is 30.2 Å². The number of aryl methyl sites for hydroxylation is 2. The number of nitrogens with zero attached hydrogens (tertiary/aromatic N) is 2. The average Bonchev–Trinajstić information content (AvgIpc) is 3.54. The molecule has 0 spiro atoms. The van der Waals surface area contributed by atoms with Gasteiger partial charge in [-0.05, 0) is 71.5 Å². The molecule has 4 aromatic carbocycles. The van der Waals surface area contributed by atoms with Crippen LogP contribution in [0.15, 0.2) is 91.0 Å². The van der Waals surface area contributed by atoms with E-state index in [-0.39, 0.29) is 42.5 Å². The summed E-state index contributed by atoms with van der Waals surface area (Å²) in [6.45, 7) is 4.17. The minimum atomic E-state index is -0.593. The highest BCUT2D eigenvalue weighted by atomic mass is 16.5. The second kappa shape index (κ2) is 9.74. The Hall–Kier alpha value is -5.04. The van der Waals surface area contributed by atoms with E-state index in [0.717, 1.165) is 39.1 Å². The average molecular weight is 583 g/mol. The van der Waals surface area contributed by atoms with Gasteiger partial charge < -0.3 is 9.64 Å². The Labute approximate surface area is 255 Å². The maximum absolute atomic E-state index is 14.0. The van der Waals surface area contributed by atoms with E-state index >= 15 is 0 Å². The lowest BCUT2D eigenvalue weighted by molar-refractivity contribution is -0.139. The third kappa shape index (κ3) is 3.75. The van der Waals surface area contributed by atoms with E-state index < -0.39 is 23.7 Å². The minimum absolute atomic E-state index is 0.0807. The zero-order valence-corrected chi connectivity index (χ0v) is 24.4. The van der Waals surface area contributed by atoms with Gasteiger partial charge >= 0.3 is 5.97 Å². The molecule has 9 rings (SSSR count). The van der Waals surface area contributed by atoms with Crippen molar-refractivity contribution in [1.82, 2.24) is 0 Å². The lowest BCUT2D eigenvalue weighted by atomic mass is 9.55. The molecule has 0 saturated carbocycles. The molecule has 2 saturated heterocycles. The van der Waals surface area contributed by atoms with Crippen LogP contribution in [0.2, 0.25) is 0 Å². The summed E-state index contributed by atoms with van der Waals surface area (Å²) >= 11 is 0. The topological polar surface area (TPSA) is 84.0 Å². The Bertz CT molecular complexity index is 1760. The molecular formula is C37H30N2O5. The van der Waals surface area contributed by atoms with Gasteiger partial charge in [-0.15, -0.1) is 0 Å². The monoisotopic (exact) mass is 582 g/mol. The van der Waals surface area contributed by atoms with E-state index in [2.05, 4.69) is 24.3 Å². The van der Waals surface area contributed by atoms with E-state index in [1.165, 1.54) is 4.90 Å². The van der Waals surface area contributed by atoms with Crippen molar-refractivity contribution in [2.24, 2.45) is 17.8 Å². The van der Waals surface area contributed by atoms with Crippen molar-refractivity contribution in [2.75, 3.05) is 16.3 Å². The molecule has 7 heteroatoms. The van der Waals surface area contributed by atoms with Crippen LogP contribution < -0.4 is 14.5 Å². The molecule has 5 aliphatic rings. The number of hydrogen-bond acceptors (Lipinski definition) is 5. The highest BCUT2D eigenvalue weighted by Crippen LogP contribution is 2.61. The van der Waals surface area contributed by atoms with Crippen LogP contribution in [0, 0.1) is 31.6 Å². The van der Waals surface area contributed by atoms with Crippen LogP contribution in [0.5, 0.6) is 5.75 Å². The molecule has 3 aliphatic carbocycles. The summed E-state index contributed by atoms with van der Waals surface area (Å²) in [5, 5.41) is 0. The van der Waals surface area contributed by atoms with Crippen LogP contribution in [0.25, 0.3) is 0 Å². The van der Waals surface area contributed by atoms with Gasteiger partial charge in [-0.1, -0.05) is 66.7 Å². The summed E-state index contributed by atoms with van der Waals surface area (Å²) in [7, 11) is 0. The number of ether oxygens (including phenoxy) is 1. The van der Waals surface area contributed by atoms with E-state index in [9.17, 15) is 19.2 Å². The molecule has 2 fully saturated rings. The van der Waals surface area contributed by atoms with Gasteiger partial charge in [0, 0.05) is 30.5 Å². The zero-order valence-electron chi connectivity index (χ0n) is 24.4. The van der Waals surface area contributed by atoms with Gasteiger partial charge in [0.2, 0.25) is 17.7 Å². The van der Waals surface area contributed by atoms with Crippen molar-refractivity contribution in [3.05, 3.63) is 124 Å². The number of hydrogen-bond donors (Lipinski definition) is 0. The third-order valence-corrected chi connectivity index (χ3v) is 9.93. The molecule has 0 aromatic heterocycles. The van der Waals surface area contributed by atoms with Gasteiger partial charge in [0.05, 0.1) is 23.4 Å². The highest BCUT2D eigenvalue weighted by Gasteiger charge is 2.61. The summed E-state index contributed by atoms with van der Waals surface area (Å²) in [5.41, 5.74) is 7.78. The number of carbonyl (C=O) groups is 4. The summed E-state index contributed by atoms with van der Waals surface area (Å²) in [6.07, 6.45) is 0.0807. The molecule has 3 atom stereocenters. The number of imide groups is 1. The third-order valence-electron chi connectivity index (χ3n) is 9.93. The molecule has 4 aromatic rings. The number of rotatable bonds is 4. The van der Waals surface area contributed by atoms with Crippen molar-refractivity contribution >= 4 is 35.1 Å². The Morgan fingerprint density at radius 2 is 1.18 bits per heavy atom. The van der Waals surface area contributed by atoms with Crippen LogP contribution in [0.3, 0.4) is 0 Å². The van der Waals surface area contributed by atoms with Crippen LogP contribution in [-0.2, 0) is 19.2 Å². The molecular weight excluding hydrogens is 552 g/mol. The summed E-state index contributed by atoms with van der Waals surface area (Å²) in [5.74, 6) is -2.54. The van der Waals surface area contributed by atoms with Gasteiger partial charge in [-0.25, -0.2) is 4.90 Å². The molecule has 2 heterocycles. The summed E-state index contributed by atoms with van der Waals surface area (Å²) < 4.78 is 5.68. The Kier molecular flexibility index (Phi) is 5.88. The summed E-state index contributed by atoms with van der Waals surface area (Å²) in [4.78, 5) is 57.0. The lowest BCUT2D eigenvalue weighted by Gasteiger charge is -2.45. The quantitative estimate of drug-likeness (QED) is 0.176. The molecule has 44 heavy (non-hydrogen) atoms. The van der Waals surface area contributed by atoms with E-state index in [1.807, 2.05) is 56.3 Å². The first-order chi connectivity index (χ1) is 21.3. The minimum Gasteiger partial charge on any atom is -0.426 e. The SMILES string of the molecule is Cc1cccc(C)c1N1C[C@H](C(=O)Oc2ccc(N3C(=O)[C@H]4C5c6ccccc6C(c6ccccc65)[C@@H]4C3=O)cc2)CC1=O. The number of anilines is 2. The van der Waals surface area contributed by atoms with Gasteiger partial charge in [0.1, 0.15) is 5.75 Å². The standard InChI is InChI=1S/C37H30N2O5/c1-20-8-7-9-21(2)34(20)38-19-22(18-29(38)40)37(43)44-24-16-14-23(15-17-24)39-35(41)32-30-25-10-3-4-11-26(25)31(33(32)36(39)42)28-13-6-5-12-27(28)30/h3-17,22,30-33H,18-19H2,1-2H3/t22-,30?,31?,32+,33+/m1/s1. The fraction of sp³-hybridized carbons (Fsp3) is 0.243. The van der Waals surface area contributed by atoms with Crippen molar-refractivity contribution in [3.8, 4) is 5.75 Å². The summed E-state index contributed by atoms with van der Waals surface area (Å²) in [6, 6.07) is 28.7. The first kappa shape index (κ1) is 26.6. The molecule has 0 N–H and O–H groups in total. The first-order valence-corrected chi connectivity index (χ1v) is 15.1. The molecule has 218 valence electrons. The Morgan fingerprint density at radius 3 is 1.68 bits per heavy atom. The van der Waals surface area contributed by atoms with E-state index in [0.29, 0.717) is 11.4 Å². The lowest BCUT2D eigenvalue weighted by Crippen LogP contribution is -2.41. The smallest absolute Gasteiger partial charge is 0.316 e. The molecule has 2 bridgehead atoms. The number of amides is 3. The molecule has 7 nitrogen and oxygen atoms in total. The van der Waals surface area contributed by atoms with Gasteiger partial charge in [-0.2, -0.15) is 0 Å². The van der Waals surface area contributed by atoms with Crippen molar-refractivity contribution in [1.29, 1.82) is 0 Å². The van der Waals surface area contributed by atoms with Gasteiger partial charge in [0.25, 0.3) is 0 Å². The maximum atomic E-state index is 14.0. The maximum Gasteiger partial charge on any atom is 0.316 e. The van der Waals surface area contributed by atoms with Gasteiger partial charge in [0.15, 0.2) is 0 Å². The Morgan fingerprint density at radius 1 is 0.682 bits per heavy atom. The fourth-order valence-electron chi connectivity index (χ4n) is 8.11. The fourth-order valence-corrected chi connectivity index (χ4v) is 8.11. The van der Waals surface area contributed by atoms with Crippen molar-refractivity contribution in [3.63, 3.8) is 0 Å². The molecule has 0 unspecified atom stereocenters. The first-order valence-electron chi connectivity index (χ1n) is 15.1. The number of esters is 1. The van der Waals surface area contributed by atoms with Crippen molar-refractivity contribution < 1.29 is 23.9 Å². The van der Waals surface area contributed by atoms with E-state index in [1.54, 1.807) is 29.2 Å². The second-order valence-electron chi connectivity index (χ2n) is 12.3. The number of para-hydroxylation sites is 1. The number of carbonyl (C=O) groups excluding carboxylic acids is 4. The van der Waals surface area contributed by atoms with Crippen LogP contribution in [0.1, 0.15) is 51.6 Å². The second-order valence-corrected chi connectivity index (χ2v) is 12.3. The van der Waals surface area contributed by atoms with Crippen LogP contribution >= 0.6 is 0 Å². The van der Waals surface area contributed by atoms with Gasteiger partial charge in [-0.3, -0.25) is 19.2 Å². The Balaban J connectivity index is 1.02. The van der Waals surface area contributed by atoms with Crippen molar-refractivity contribution in [2.45, 2.75) is 32.1 Å². The normalized spacial score (nSPS) is 24.8.